The number of hydrogen-bond donors (Lipinski definition) is 1. The molecule has 1 aromatic heterocycles. The topological polar surface area (TPSA) is 102 Å². The molecular formula is C28H26F3N3O5. The lowest BCUT2D eigenvalue weighted by atomic mass is 9.94. The molecule has 0 aliphatic carbocycles. The first-order valence-electron chi connectivity index (χ1n) is 12.1. The van der Waals surface area contributed by atoms with Crippen molar-refractivity contribution in [2.24, 2.45) is 0 Å². The van der Waals surface area contributed by atoms with Crippen LogP contribution in [0.2, 0.25) is 0 Å². The number of alkyl halides is 3. The lowest BCUT2D eigenvalue weighted by molar-refractivity contribution is -0.274. The molecule has 1 amide bonds. The zero-order valence-electron chi connectivity index (χ0n) is 21.6. The summed E-state index contributed by atoms with van der Waals surface area (Å²) in [7, 11) is 0. The summed E-state index contributed by atoms with van der Waals surface area (Å²) >= 11 is 0. The molecule has 1 aliphatic rings. The highest BCUT2D eigenvalue weighted by molar-refractivity contribution is 6.51. The highest BCUT2D eigenvalue weighted by Gasteiger charge is 2.47. The number of aliphatic hydroxyl groups excluding tert-OH is 1. The maximum Gasteiger partial charge on any atom is 0.573 e. The van der Waals surface area contributed by atoms with Crippen molar-refractivity contribution < 1.29 is 37.3 Å². The number of anilines is 1. The van der Waals surface area contributed by atoms with Gasteiger partial charge in [-0.2, -0.15) is 0 Å². The summed E-state index contributed by atoms with van der Waals surface area (Å²) in [5.41, 5.74) is 1.30. The molecule has 8 nitrogen and oxygen atoms in total. The lowest BCUT2D eigenvalue weighted by Crippen LogP contribution is -2.30. The largest absolute Gasteiger partial charge is 0.573 e. The summed E-state index contributed by atoms with van der Waals surface area (Å²) in [4.78, 5) is 27.6. The fourth-order valence-corrected chi connectivity index (χ4v) is 4.16. The van der Waals surface area contributed by atoms with Crippen LogP contribution in [0.5, 0.6) is 11.6 Å². The van der Waals surface area contributed by atoms with Gasteiger partial charge in [0.15, 0.2) is 5.82 Å². The standard InChI is InChI=1S/C28H26F3N3O5/c1-15(2)17-5-7-19(8-6-17)25(35)23-24(18-9-11-20(12-10-18)39-28(29,30)31)34(27(37)26(23)36)21-13-14-22(33-32-21)38-16(3)4/h5-16,24,35H,1-4H3. The molecule has 1 N–H and O–H groups in total. The molecule has 204 valence electrons. The van der Waals surface area contributed by atoms with Gasteiger partial charge in [-0.1, -0.05) is 50.2 Å². The number of nitrogens with zero attached hydrogens (tertiary/aromatic N) is 3. The van der Waals surface area contributed by atoms with Crippen molar-refractivity contribution in [2.45, 2.75) is 52.1 Å². The van der Waals surface area contributed by atoms with Crippen LogP contribution in [0.1, 0.15) is 56.3 Å². The van der Waals surface area contributed by atoms with Gasteiger partial charge in [0.25, 0.3) is 5.78 Å². The minimum absolute atomic E-state index is 0.0111. The van der Waals surface area contributed by atoms with E-state index in [1.807, 2.05) is 13.8 Å². The molecule has 1 saturated heterocycles. The summed E-state index contributed by atoms with van der Waals surface area (Å²) < 4.78 is 47.5. The van der Waals surface area contributed by atoms with Crippen LogP contribution < -0.4 is 14.4 Å². The van der Waals surface area contributed by atoms with Crippen molar-refractivity contribution in [3.8, 4) is 11.6 Å². The number of amides is 1. The molecule has 4 rings (SSSR count). The van der Waals surface area contributed by atoms with Gasteiger partial charge in [-0.05, 0) is 49.1 Å². The number of carbonyl (C=O) groups is 2. The number of carbonyl (C=O) groups excluding carboxylic acids is 2. The highest BCUT2D eigenvalue weighted by atomic mass is 19.4. The van der Waals surface area contributed by atoms with Crippen molar-refractivity contribution >= 4 is 23.3 Å². The van der Waals surface area contributed by atoms with E-state index >= 15 is 0 Å². The van der Waals surface area contributed by atoms with Crippen molar-refractivity contribution in [3.05, 3.63) is 82.9 Å². The first-order valence-corrected chi connectivity index (χ1v) is 12.1. The van der Waals surface area contributed by atoms with Crippen LogP contribution >= 0.6 is 0 Å². The average molecular weight is 542 g/mol. The first-order chi connectivity index (χ1) is 18.4. The molecular weight excluding hydrogens is 515 g/mol. The fraction of sp³-hybridized carbons (Fsp3) is 0.286. The molecule has 1 fully saturated rings. The minimum Gasteiger partial charge on any atom is -0.507 e. The van der Waals surface area contributed by atoms with Gasteiger partial charge in [-0.15, -0.1) is 23.4 Å². The third-order valence-corrected chi connectivity index (χ3v) is 5.95. The van der Waals surface area contributed by atoms with E-state index < -0.39 is 35.6 Å². The van der Waals surface area contributed by atoms with E-state index in [1.165, 1.54) is 24.3 Å². The summed E-state index contributed by atoms with van der Waals surface area (Å²) in [6.45, 7) is 7.61. The molecule has 2 heterocycles. The van der Waals surface area contributed by atoms with E-state index in [0.29, 0.717) is 5.56 Å². The normalized spacial score (nSPS) is 17.3. The van der Waals surface area contributed by atoms with E-state index in [1.54, 1.807) is 38.1 Å². The molecule has 0 spiro atoms. The fourth-order valence-electron chi connectivity index (χ4n) is 4.16. The zero-order valence-corrected chi connectivity index (χ0v) is 21.6. The van der Waals surface area contributed by atoms with Crippen LogP contribution in [0.4, 0.5) is 19.0 Å². The Bertz CT molecular complexity index is 1380. The Morgan fingerprint density at radius 2 is 1.56 bits per heavy atom. The Balaban J connectivity index is 1.83. The van der Waals surface area contributed by atoms with E-state index in [0.717, 1.165) is 22.6 Å². The predicted molar refractivity (Wildman–Crippen MR) is 136 cm³/mol. The van der Waals surface area contributed by atoms with E-state index in [4.69, 9.17) is 4.74 Å². The molecule has 0 radical (unpaired) electrons. The molecule has 2 aromatic carbocycles. The monoisotopic (exact) mass is 541 g/mol. The molecule has 1 atom stereocenters. The molecule has 39 heavy (non-hydrogen) atoms. The number of aliphatic hydroxyl groups is 1. The zero-order chi connectivity index (χ0) is 28.5. The van der Waals surface area contributed by atoms with E-state index in [2.05, 4.69) is 14.9 Å². The maximum absolute atomic E-state index is 13.3. The number of hydrogen-bond acceptors (Lipinski definition) is 7. The average Bonchev–Trinajstić information content (AvgIpc) is 3.13. The molecule has 11 heteroatoms. The van der Waals surface area contributed by atoms with Gasteiger partial charge in [0.05, 0.1) is 17.7 Å². The summed E-state index contributed by atoms with van der Waals surface area (Å²) in [6, 6.07) is 13.2. The SMILES string of the molecule is CC(C)Oc1ccc(N2C(=O)C(=O)C(=C(O)c3ccc(C(C)C)cc3)C2c2ccc(OC(F)(F)F)cc2)nn1. The van der Waals surface area contributed by atoms with Crippen molar-refractivity contribution in [1.82, 2.24) is 10.2 Å². The third kappa shape index (κ3) is 6.02. The van der Waals surface area contributed by atoms with Gasteiger partial charge < -0.3 is 14.6 Å². The van der Waals surface area contributed by atoms with Crippen LogP contribution in [0.3, 0.4) is 0 Å². The third-order valence-electron chi connectivity index (χ3n) is 5.95. The second-order valence-electron chi connectivity index (χ2n) is 9.46. The molecule has 1 aliphatic heterocycles. The second-order valence-corrected chi connectivity index (χ2v) is 9.46. The number of rotatable bonds is 7. The van der Waals surface area contributed by atoms with E-state index in [-0.39, 0.29) is 34.9 Å². The van der Waals surface area contributed by atoms with Crippen molar-refractivity contribution in [1.29, 1.82) is 0 Å². The van der Waals surface area contributed by atoms with Crippen LogP contribution in [-0.4, -0.2) is 39.5 Å². The lowest BCUT2D eigenvalue weighted by Gasteiger charge is -2.24. The van der Waals surface area contributed by atoms with Crippen LogP contribution in [0.25, 0.3) is 5.76 Å². The van der Waals surface area contributed by atoms with Gasteiger partial charge in [-0.3, -0.25) is 14.5 Å². The maximum atomic E-state index is 13.3. The quantitative estimate of drug-likeness (QED) is 0.225. The Morgan fingerprint density at radius 3 is 2.08 bits per heavy atom. The van der Waals surface area contributed by atoms with Gasteiger partial charge in [0, 0.05) is 11.6 Å². The van der Waals surface area contributed by atoms with Crippen LogP contribution in [0, 0.1) is 0 Å². The number of ether oxygens (including phenoxy) is 2. The molecule has 3 aromatic rings. The minimum atomic E-state index is -4.90. The van der Waals surface area contributed by atoms with Crippen molar-refractivity contribution in [2.75, 3.05) is 4.90 Å². The Kier molecular flexibility index (Phi) is 7.62. The number of aromatic nitrogens is 2. The number of benzene rings is 2. The van der Waals surface area contributed by atoms with Crippen LogP contribution in [-0.2, 0) is 9.59 Å². The Morgan fingerprint density at radius 1 is 0.923 bits per heavy atom. The number of Topliss-reactive ketones (excluding diaryl/α,β-unsaturated/α-hetero) is 1. The summed E-state index contributed by atoms with van der Waals surface area (Å²) in [5, 5.41) is 19.2. The van der Waals surface area contributed by atoms with Gasteiger partial charge in [0.2, 0.25) is 5.88 Å². The van der Waals surface area contributed by atoms with Gasteiger partial charge in [-0.25, -0.2) is 0 Å². The van der Waals surface area contributed by atoms with Crippen LogP contribution in [0.15, 0.2) is 66.2 Å². The summed E-state index contributed by atoms with van der Waals surface area (Å²) in [6.07, 6.45) is -5.08. The summed E-state index contributed by atoms with van der Waals surface area (Å²) in [5.74, 6) is -2.47. The van der Waals surface area contributed by atoms with Crippen molar-refractivity contribution in [3.63, 3.8) is 0 Å². The Labute approximate surface area is 222 Å². The molecule has 0 saturated carbocycles. The predicted octanol–water partition coefficient (Wildman–Crippen LogP) is 5.91. The van der Waals surface area contributed by atoms with Gasteiger partial charge >= 0.3 is 12.3 Å². The van der Waals surface area contributed by atoms with E-state index in [9.17, 15) is 27.9 Å². The highest BCUT2D eigenvalue weighted by Crippen LogP contribution is 2.42. The number of ketones is 1. The smallest absolute Gasteiger partial charge is 0.507 e. The second kappa shape index (κ2) is 10.8. The first kappa shape index (κ1) is 27.6. The molecule has 0 bridgehead atoms. The number of halogens is 3. The molecule has 1 unspecified atom stereocenters. The Hall–Kier alpha value is -4.41. The van der Waals surface area contributed by atoms with Gasteiger partial charge in [0.1, 0.15) is 11.5 Å².